The zero-order valence-corrected chi connectivity index (χ0v) is 12.9. The number of hydrogen-bond donors (Lipinski definition) is 2. The van der Waals surface area contributed by atoms with Crippen molar-refractivity contribution in [2.24, 2.45) is 0 Å². The summed E-state index contributed by atoms with van der Waals surface area (Å²) in [7, 11) is 0. The molecule has 0 saturated heterocycles. The predicted octanol–water partition coefficient (Wildman–Crippen LogP) is 2.62. The highest BCUT2D eigenvalue weighted by Gasteiger charge is 2.42. The molecule has 1 fully saturated rings. The molecule has 1 saturated carbocycles. The van der Waals surface area contributed by atoms with Gasteiger partial charge in [-0.05, 0) is 55.2 Å². The second-order valence-electron chi connectivity index (χ2n) is 6.63. The average molecular weight is 301 g/mol. The van der Waals surface area contributed by atoms with Crippen molar-refractivity contribution in [3.63, 3.8) is 0 Å². The Balaban J connectivity index is 1.68. The maximum Gasteiger partial charge on any atom is 0.329 e. The summed E-state index contributed by atoms with van der Waals surface area (Å²) in [6.45, 7) is 0. The quantitative estimate of drug-likeness (QED) is 0.898. The van der Waals surface area contributed by atoms with Gasteiger partial charge in [-0.3, -0.25) is 4.79 Å². The minimum Gasteiger partial charge on any atom is -0.480 e. The van der Waals surface area contributed by atoms with Crippen molar-refractivity contribution in [1.29, 1.82) is 0 Å². The van der Waals surface area contributed by atoms with E-state index in [0.29, 0.717) is 12.8 Å². The van der Waals surface area contributed by atoms with Crippen LogP contribution in [0.15, 0.2) is 18.2 Å². The lowest BCUT2D eigenvalue weighted by atomic mass is 9.90. The van der Waals surface area contributed by atoms with Gasteiger partial charge in [0.2, 0.25) is 5.91 Å². The number of rotatable bonds is 4. The van der Waals surface area contributed by atoms with Crippen molar-refractivity contribution in [1.82, 2.24) is 5.32 Å². The van der Waals surface area contributed by atoms with Crippen LogP contribution in [0.4, 0.5) is 0 Å². The lowest BCUT2D eigenvalue weighted by Crippen LogP contribution is -2.52. The van der Waals surface area contributed by atoms with Crippen LogP contribution in [0.2, 0.25) is 0 Å². The van der Waals surface area contributed by atoms with Gasteiger partial charge in [0, 0.05) is 0 Å². The van der Waals surface area contributed by atoms with E-state index in [1.54, 1.807) is 0 Å². The third-order valence-electron chi connectivity index (χ3n) is 5.02. The van der Waals surface area contributed by atoms with Gasteiger partial charge in [-0.15, -0.1) is 0 Å². The molecule has 3 rings (SSSR count). The number of aliphatic carboxylic acids is 1. The van der Waals surface area contributed by atoms with Gasteiger partial charge < -0.3 is 10.4 Å². The monoisotopic (exact) mass is 301 g/mol. The van der Waals surface area contributed by atoms with Crippen molar-refractivity contribution in [3.05, 3.63) is 34.9 Å². The fourth-order valence-electron chi connectivity index (χ4n) is 3.76. The smallest absolute Gasteiger partial charge is 0.329 e. The summed E-state index contributed by atoms with van der Waals surface area (Å²) in [4.78, 5) is 23.8. The van der Waals surface area contributed by atoms with Crippen LogP contribution in [-0.2, 0) is 28.9 Å². The molecule has 0 heterocycles. The number of carbonyl (C=O) groups excluding carboxylic acids is 1. The van der Waals surface area contributed by atoms with Crippen molar-refractivity contribution in [2.75, 3.05) is 0 Å². The fraction of sp³-hybridized carbons (Fsp3) is 0.556. The van der Waals surface area contributed by atoms with Gasteiger partial charge in [0.25, 0.3) is 0 Å². The Labute approximate surface area is 130 Å². The van der Waals surface area contributed by atoms with Crippen LogP contribution in [0, 0.1) is 0 Å². The standard InChI is InChI=1S/C18H23NO3/c20-16(19-18(17(21)22)9-3-4-10-18)12-13-7-8-14-5-1-2-6-15(14)11-13/h7-8,11H,1-6,9-10,12H2,(H,19,20)(H,21,22). The first-order valence-corrected chi connectivity index (χ1v) is 8.24. The largest absolute Gasteiger partial charge is 0.480 e. The molecular formula is C18H23NO3. The topological polar surface area (TPSA) is 66.4 Å². The highest BCUT2D eigenvalue weighted by atomic mass is 16.4. The Morgan fingerprint density at radius 2 is 1.73 bits per heavy atom. The zero-order valence-electron chi connectivity index (χ0n) is 12.9. The summed E-state index contributed by atoms with van der Waals surface area (Å²) in [6.07, 6.45) is 7.75. The number of benzene rings is 1. The summed E-state index contributed by atoms with van der Waals surface area (Å²) in [5.74, 6) is -1.08. The molecule has 4 heteroatoms. The number of carboxylic acid groups (broad SMARTS) is 1. The summed E-state index contributed by atoms with van der Waals surface area (Å²) < 4.78 is 0. The zero-order chi connectivity index (χ0) is 15.6. The van der Waals surface area contributed by atoms with Crippen LogP contribution < -0.4 is 5.32 Å². The molecule has 1 amide bonds. The number of aryl methyl sites for hydroxylation is 2. The van der Waals surface area contributed by atoms with Crippen molar-refractivity contribution >= 4 is 11.9 Å². The van der Waals surface area contributed by atoms with Gasteiger partial charge >= 0.3 is 5.97 Å². The van der Waals surface area contributed by atoms with Crippen LogP contribution in [0.25, 0.3) is 0 Å². The normalized spacial score (nSPS) is 19.5. The first-order valence-electron chi connectivity index (χ1n) is 8.24. The van der Waals surface area contributed by atoms with E-state index in [9.17, 15) is 14.7 Å². The molecule has 0 radical (unpaired) electrons. The maximum absolute atomic E-state index is 12.3. The number of fused-ring (bicyclic) bond motifs is 1. The van der Waals surface area contributed by atoms with Crippen LogP contribution >= 0.6 is 0 Å². The Bertz CT molecular complexity index is 588. The third kappa shape index (κ3) is 3.01. The molecule has 0 unspecified atom stereocenters. The SMILES string of the molecule is O=C(Cc1ccc2c(c1)CCCC2)NC1(C(=O)O)CCCC1. The second-order valence-corrected chi connectivity index (χ2v) is 6.63. The van der Waals surface area contributed by atoms with Gasteiger partial charge in [0.05, 0.1) is 6.42 Å². The molecule has 2 aliphatic rings. The van der Waals surface area contributed by atoms with Gasteiger partial charge in [0.15, 0.2) is 0 Å². The van der Waals surface area contributed by atoms with Crippen LogP contribution in [0.5, 0.6) is 0 Å². The van der Waals surface area contributed by atoms with Gasteiger partial charge in [0.1, 0.15) is 5.54 Å². The molecule has 1 aromatic rings. The van der Waals surface area contributed by atoms with E-state index in [2.05, 4.69) is 17.4 Å². The number of nitrogens with one attached hydrogen (secondary N) is 1. The summed E-state index contributed by atoms with van der Waals surface area (Å²) in [5, 5.41) is 12.2. The number of amides is 1. The van der Waals surface area contributed by atoms with Crippen LogP contribution in [0.1, 0.15) is 55.2 Å². The summed E-state index contributed by atoms with van der Waals surface area (Å²) in [6, 6.07) is 6.25. The van der Waals surface area contributed by atoms with E-state index in [1.807, 2.05) is 6.07 Å². The van der Waals surface area contributed by atoms with Crippen molar-refractivity contribution in [3.8, 4) is 0 Å². The summed E-state index contributed by atoms with van der Waals surface area (Å²) >= 11 is 0. The number of carbonyl (C=O) groups is 2. The molecule has 4 nitrogen and oxygen atoms in total. The molecule has 1 aromatic carbocycles. The average Bonchev–Trinajstić information content (AvgIpc) is 2.97. The molecule has 118 valence electrons. The first-order chi connectivity index (χ1) is 10.6. The third-order valence-corrected chi connectivity index (χ3v) is 5.02. The minimum atomic E-state index is -1.04. The molecule has 0 aromatic heterocycles. The molecular weight excluding hydrogens is 278 g/mol. The Morgan fingerprint density at radius 1 is 1.05 bits per heavy atom. The van der Waals surface area contributed by atoms with Gasteiger partial charge in [-0.2, -0.15) is 0 Å². The van der Waals surface area contributed by atoms with E-state index in [0.717, 1.165) is 31.2 Å². The molecule has 0 aliphatic heterocycles. The van der Waals surface area contributed by atoms with E-state index in [-0.39, 0.29) is 12.3 Å². The predicted molar refractivity (Wildman–Crippen MR) is 83.8 cm³/mol. The molecule has 0 spiro atoms. The first kappa shape index (κ1) is 15.1. The molecule has 2 N–H and O–H groups in total. The molecule has 22 heavy (non-hydrogen) atoms. The lowest BCUT2D eigenvalue weighted by Gasteiger charge is -2.25. The highest BCUT2D eigenvalue weighted by molar-refractivity contribution is 5.88. The van der Waals surface area contributed by atoms with E-state index < -0.39 is 11.5 Å². The minimum absolute atomic E-state index is 0.181. The Morgan fingerprint density at radius 3 is 2.41 bits per heavy atom. The number of hydrogen-bond acceptors (Lipinski definition) is 2. The molecule has 0 bridgehead atoms. The van der Waals surface area contributed by atoms with E-state index in [1.165, 1.54) is 24.0 Å². The Hall–Kier alpha value is -1.84. The van der Waals surface area contributed by atoms with Crippen LogP contribution in [-0.4, -0.2) is 22.5 Å². The Kier molecular flexibility index (Phi) is 4.19. The van der Waals surface area contributed by atoms with Crippen LogP contribution in [0.3, 0.4) is 0 Å². The second kappa shape index (κ2) is 6.11. The van der Waals surface area contributed by atoms with Gasteiger partial charge in [-0.25, -0.2) is 4.79 Å². The summed E-state index contributed by atoms with van der Waals surface area (Å²) in [5.41, 5.74) is 2.70. The fourth-order valence-corrected chi connectivity index (χ4v) is 3.76. The van der Waals surface area contributed by atoms with Crippen molar-refractivity contribution < 1.29 is 14.7 Å². The maximum atomic E-state index is 12.3. The van der Waals surface area contributed by atoms with E-state index in [4.69, 9.17) is 0 Å². The van der Waals surface area contributed by atoms with Crippen molar-refractivity contribution in [2.45, 2.75) is 63.3 Å². The number of carboxylic acids is 1. The molecule has 2 aliphatic carbocycles. The molecule has 0 atom stereocenters. The highest BCUT2D eigenvalue weighted by Crippen LogP contribution is 2.30. The lowest BCUT2D eigenvalue weighted by molar-refractivity contribution is -0.147. The van der Waals surface area contributed by atoms with E-state index >= 15 is 0 Å². The van der Waals surface area contributed by atoms with Gasteiger partial charge in [-0.1, -0.05) is 31.0 Å².